The molecule has 1 fully saturated rings. The maximum atomic E-state index is 12.5. The molecule has 1 aliphatic carbocycles. The van der Waals surface area contributed by atoms with E-state index in [1.54, 1.807) is 11.9 Å². The predicted molar refractivity (Wildman–Crippen MR) is 130 cm³/mol. The molecule has 0 unspecified atom stereocenters. The highest BCUT2D eigenvalue weighted by Gasteiger charge is 2.42. The van der Waals surface area contributed by atoms with Crippen molar-refractivity contribution in [3.63, 3.8) is 0 Å². The topological polar surface area (TPSA) is 39.2 Å². The van der Waals surface area contributed by atoms with Crippen LogP contribution in [0.5, 0.6) is 0 Å². The smallest absolute Gasteiger partial charge is 0.240 e. The van der Waals surface area contributed by atoms with Gasteiger partial charge in [-0.1, -0.05) is 24.3 Å². The van der Waals surface area contributed by atoms with Crippen molar-refractivity contribution in [2.24, 2.45) is 11.0 Å². The van der Waals surface area contributed by atoms with Crippen LogP contribution >= 0.6 is 0 Å². The molecule has 1 heterocycles. The molecule has 2 aromatic rings. The molecular weight excluding hydrogens is 384 g/mol. The van der Waals surface area contributed by atoms with E-state index < -0.39 is 0 Å². The van der Waals surface area contributed by atoms with Crippen LogP contribution in [-0.4, -0.2) is 44.8 Å². The fourth-order valence-electron chi connectivity index (χ4n) is 4.64. The number of amides is 1. The van der Waals surface area contributed by atoms with Crippen LogP contribution in [0.1, 0.15) is 43.4 Å². The predicted octanol–water partition coefficient (Wildman–Crippen LogP) is 4.96. The zero-order chi connectivity index (χ0) is 22.1. The summed E-state index contributed by atoms with van der Waals surface area (Å²) in [5.41, 5.74) is 7.01. The van der Waals surface area contributed by atoms with Crippen LogP contribution < -0.4 is 9.80 Å². The van der Waals surface area contributed by atoms with Crippen LogP contribution in [0.2, 0.25) is 0 Å². The van der Waals surface area contributed by atoms with Crippen molar-refractivity contribution in [1.29, 1.82) is 0 Å². The largest absolute Gasteiger partial charge is 0.378 e. The molecule has 162 valence electrons. The van der Waals surface area contributed by atoms with Crippen molar-refractivity contribution in [3.05, 3.63) is 65.2 Å². The Morgan fingerprint density at radius 1 is 0.968 bits per heavy atom. The molecule has 0 bridgehead atoms. The Kier molecular flexibility index (Phi) is 5.86. The maximum absolute atomic E-state index is 12.5. The number of hydrogen-bond acceptors (Lipinski definition) is 4. The summed E-state index contributed by atoms with van der Waals surface area (Å²) in [6.45, 7) is 1.62. The zero-order valence-corrected chi connectivity index (χ0v) is 19.2. The number of anilines is 2. The van der Waals surface area contributed by atoms with Crippen molar-refractivity contribution in [2.45, 2.75) is 32.2 Å². The molecule has 0 saturated heterocycles. The van der Waals surface area contributed by atoms with Crippen LogP contribution in [0, 0.1) is 5.92 Å². The van der Waals surface area contributed by atoms with Crippen molar-refractivity contribution < 1.29 is 4.79 Å². The molecule has 0 aromatic heterocycles. The van der Waals surface area contributed by atoms with Gasteiger partial charge in [-0.3, -0.25) is 4.79 Å². The van der Waals surface area contributed by atoms with Gasteiger partial charge < -0.3 is 9.80 Å². The first-order chi connectivity index (χ1) is 14.8. The number of hydrogen-bond donors (Lipinski definition) is 0. The molecule has 5 heteroatoms. The Morgan fingerprint density at radius 3 is 2.10 bits per heavy atom. The summed E-state index contributed by atoms with van der Waals surface area (Å²) in [5, 5.41) is 6.57. The van der Waals surface area contributed by atoms with Gasteiger partial charge in [-0.2, -0.15) is 5.10 Å². The minimum atomic E-state index is -0.0245. The van der Waals surface area contributed by atoms with Gasteiger partial charge in [0.05, 0.1) is 11.8 Å². The van der Waals surface area contributed by atoms with Gasteiger partial charge in [-0.15, -0.1) is 0 Å². The number of nitrogens with zero attached hydrogens (tertiary/aromatic N) is 4. The minimum absolute atomic E-state index is 0.00160. The average Bonchev–Trinajstić information content (AvgIpc) is 3.15. The van der Waals surface area contributed by atoms with Crippen LogP contribution in [0.3, 0.4) is 0 Å². The third kappa shape index (κ3) is 4.22. The standard InChI is InChI=1S/C26H32N4O/c1-18(31)30-26(20-11-15-23(16-12-20)29(4)5)24-8-6-7-21(25(24)27-30)17-19-9-13-22(14-10-19)28(2)3/h9-17,24,26H,6-8H2,1-5H3/b21-17+/t24-,26+/m1/s1. The third-order valence-electron chi connectivity index (χ3n) is 6.33. The highest BCUT2D eigenvalue weighted by molar-refractivity contribution is 6.08. The first kappa shape index (κ1) is 21.2. The van der Waals surface area contributed by atoms with Crippen molar-refractivity contribution in [3.8, 4) is 0 Å². The Morgan fingerprint density at radius 2 is 1.55 bits per heavy atom. The number of fused-ring (bicyclic) bond motifs is 1. The molecule has 1 amide bonds. The molecular formula is C26H32N4O. The maximum Gasteiger partial charge on any atom is 0.240 e. The van der Waals surface area contributed by atoms with Gasteiger partial charge in [0, 0.05) is 52.4 Å². The minimum Gasteiger partial charge on any atom is -0.378 e. The highest BCUT2D eigenvalue weighted by Crippen LogP contribution is 2.44. The average molecular weight is 417 g/mol. The molecule has 0 N–H and O–H groups in total. The van der Waals surface area contributed by atoms with E-state index in [1.807, 2.05) is 28.2 Å². The SMILES string of the molecule is CC(=O)N1N=C2/C(=C/c3ccc(N(C)C)cc3)CCC[C@H]2[C@@H]1c1ccc(N(C)C)cc1. The number of carbonyl (C=O) groups is 1. The second-order valence-corrected chi connectivity index (χ2v) is 8.93. The lowest BCUT2D eigenvalue weighted by Crippen LogP contribution is -2.30. The van der Waals surface area contributed by atoms with Gasteiger partial charge in [0.15, 0.2) is 0 Å². The Balaban J connectivity index is 1.66. The van der Waals surface area contributed by atoms with Crippen molar-refractivity contribution >= 4 is 29.1 Å². The quantitative estimate of drug-likeness (QED) is 0.707. The Labute approximate surface area is 185 Å². The summed E-state index contributed by atoms with van der Waals surface area (Å²) in [6, 6.07) is 17.1. The molecule has 2 aromatic carbocycles. The molecule has 1 aliphatic heterocycles. The molecule has 4 rings (SSSR count). The summed E-state index contributed by atoms with van der Waals surface area (Å²) in [6.07, 6.45) is 5.42. The number of benzene rings is 2. The molecule has 0 spiro atoms. The number of hydrazone groups is 1. The van der Waals surface area contributed by atoms with Gasteiger partial charge in [0.2, 0.25) is 5.91 Å². The van der Waals surface area contributed by atoms with Gasteiger partial charge in [-0.25, -0.2) is 5.01 Å². The molecule has 2 atom stereocenters. The summed E-state index contributed by atoms with van der Waals surface area (Å²) >= 11 is 0. The van der Waals surface area contributed by atoms with E-state index in [2.05, 4.69) is 64.4 Å². The number of allylic oxidation sites excluding steroid dienone is 1. The first-order valence-corrected chi connectivity index (χ1v) is 11.0. The molecule has 0 radical (unpaired) electrons. The van der Waals surface area contributed by atoms with E-state index in [0.717, 1.165) is 36.2 Å². The monoisotopic (exact) mass is 416 g/mol. The molecule has 5 nitrogen and oxygen atoms in total. The van der Waals surface area contributed by atoms with Crippen LogP contribution in [-0.2, 0) is 4.79 Å². The lowest BCUT2D eigenvalue weighted by molar-refractivity contribution is -0.131. The van der Waals surface area contributed by atoms with Crippen molar-refractivity contribution in [1.82, 2.24) is 5.01 Å². The van der Waals surface area contributed by atoms with Gasteiger partial charge in [0.1, 0.15) is 0 Å². The fraction of sp³-hybridized carbons (Fsp3) is 0.385. The molecule has 31 heavy (non-hydrogen) atoms. The first-order valence-electron chi connectivity index (χ1n) is 11.0. The second-order valence-electron chi connectivity index (χ2n) is 8.93. The number of rotatable bonds is 4. The third-order valence-corrected chi connectivity index (χ3v) is 6.33. The zero-order valence-electron chi connectivity index (χ0n) is 19.2. The van der Waals surface area contributed by atoms with E-state index in [4.69, 9.17) is 5.10 Å². The summed E-state index contributed by atoms with van der Waals surface area (Å²) < 4.78 is 0. The summed E-state index contributed by atoms with van der Waals surface area (Å²) in [5.74, 6) is 0.244. The Hall–Kier alpha value is -3.08. The van der Waals surface area contributed by atoms with Gasteiger partial charge in [0.25, 0.3) is 0 Å². The summed E-state index contributed by atoms with van der Waals surface area (Å²) in [7, 11) is 8.18. The van der Waals surface area contributed by atoms with E-state index >= 15 is 0 Å². The van der Waals surface area contributed by atoms with Gasteiger partial charge >= 0.3 is 0 Å². The highest BCUT2D eigenvalue weighted by atomic mass is 16.2. The van der Waals surface area contributed by atoms with Crippen LogP contribution in [0.15, 0.2) is 59.2 Å². The van der Waals surface area contributed by atoms with E-state index in [-0.39, 0.29) is 17.9 Å². The normalized spacial score (nSPS) is 21.6. The van der Waals surface area contributed by atoms with Crippen LogP contribution in [0.4, 0.5) is 11.4 Å². The van der Waals surface area contributed by atoms with Crippen LogP contribution in [0.25, 0.3) is 6.08 Å². The van der Waals surface area contributed by atoms with Crippen molar-refractivity contribution in [2.75, 3.05) is 38.0 Å². The lowest BCUT2D eigenvalue weighted by Gasteiger charge is -2.29. The van der Waals surface area contributed by atoms with E-state index in [1.165, 1.54) is 16.8 Å². The Bertz CT molecular complexity index is 1000. The molecule has 1 saturated carbocycles. The van der Waals surface area contributed by atoms with E-state index in [0.29, 0.717) is 0 Å². The lowest BCUT2D eigenvalue weighted by atomic mass is 9.77. The van der Waals surface area contributed by atoms with Gasteiger partial charge in [-0.05, 0) is 66.3 Å². The fourth-order valence-corrected chi connectivity index (χ4v) is 4.64. The molecule has 2 aliphatic rings. The number of carbonyl (C=O) groups excluding carboxylic acids is 1. The summed E-state index contributed by atoms with van der Waals surface area (Å²) in [4.78, 5) is 16.7. The van der Waals surface area contributed by atoms with E-state index in [9.17, 15) is 4.79 Å². The second kappa shape index (κ2) is 8.58.